The first-order chi connectivity index (χ1) is 6.18. The lowest BCUT2D eigenvalue weighted by molar-refractivity contribution is 0.351. The average molecular weight is 202 g/mol. The van der Waals surface area contributed by atoms with Crippen LogP contribution in [0, 0.1) is 0 Å². The molecule has 1 aromatic rings. The van der Waals surface area contributed by atoms with Crippen LogP contribution in [0.3, 0.4) is 0 Å². The van der Waals surface area contributed by atoms with Gasteiger partial charge in [-0.3, -0.25) is 0 Å². The van der Waals surface area contributed by atoms with Crippen LogP contribution in [0.25, 0.3) is 0 Å². The number of likely N-dealkylation sites (tertiary alicyclic amines) is 1. The van der Waals surface area contributed by atoms with Gasteiger partial charge in [0.05, 0.1) is 0 Å². The highest BCUT2D eigenvalue weighted by atomic mass is 35.5. The second kappa shape index (κ2) is 3.20. The minimum absolute atomic E-state index is 0.282. The molecule has 2 N–H and O–H groups in total. The summed E-state index contributed by atoms with van der Waals surface area (Å²) in [6.45, 7) is 2.04. The van der Waals surface area contributed by atoms with Crippen LogP contribution in [0.4, 0.5) is 5.69 Å². The predicted molar refractivity (Wildman–Crippen MR) is 50.8 cm³/mol. The molecule has 1 unspecified atom stereocenters. The standard InChI is InChI=1S/C8H12ClN3O/c1-12-3-2-5(4-12)7-6(10)8(9)11-13-7/h5H,2-4,10H2,1H3. The van der Waals surface area contributed by atoms with Crippen molar-refractivity contribution >= 4 is 17.3 Å². The van der Waals surface area contributed by atoms with Crippen LogP contribution in [0.1, 0.15) is 18.1 Å². The summed E-state index contributed by atoms with van der Waals surface area (Å²) in [5, 5.41) is 3.91. The zero-order valence-electron chi connectivity index (χ0n) is 7.46. The molecule has 5 heteroatoms. The van der Waals surface area contributed by atoms with Gasteiger partial charge < -0.3 is 15.2 Å². The third kappa shape index (κ3) is 1.51. The van der Waals surface area contributed by atoms with Crippen molar-refractivity contribution < 1.29 is 4.52 Å². The number of hydrogen-bond acceptors (Lipinski definition) is 4. The van der Waals surface area contributed by atoms with Crippen LogP contribution in [0.5, 0.6) is 0 Å². The van der Waals surface area contributed by atoms with Crippen molar-refractivity contribution in [1.29, 1.82) is 0 Å². The van der Waals surface area contributed by atoms with E-state index >= 15 is 0 Å². The molecule has 0 aliphatic carbocycles. The molecule has 0 saturated carbocycles. The zero-order chi connectivity index (χ0) is 9.42. The fraction of sp³-hybridized carbons (Fsp3) is 0.625. The number of nitrogens with zero attached hydrogens (tertiary/aromatic N) is 2. The summed E-state index contributed by atoms with van der Waals surface area (Å²) in [7, 11) is 2.08. The van der Waals surface area contributed by atoms with Crippen molar-refractivity contribution in [3.8, 4) is 0 Å². The molecule has 2 rings (SSSR count). The molecule has 1 atom stereocenters. The Morgan fingerprint density at radius 3 is 2.92 bits per heavy atom. The minimum atomic E-state index is 0.282. The lowest BCUT2D eigenvalue weighted by Gasteiger charge is -2.06. The second-order valence-electron chi connectivity index (χ2n) is 3.50. The number of nitrogen functional groups attached to an aromatic ring is 1. The summed E-state index contributed by atoms with van der Waals surface area (Å²) in [4.78, 5) is 2.24. The van der Waals surface area contributed by atoms with Gasteiger partial charge >= 0.3 is 0 Å². The maximum Gasteiger partial charge on any atom is 0.195 e. The van der Waals surface area contributed by atoms with Crippen molar-refractivity contribution in [2.45, 2.75) is 12.3 Å². The van der Waals surface area contributed by atoms with E-state index in [1.54, 1.807) is 0 Å². The monoisotopic (exact) mass is 201 g/mol. The van der Waals surface area contributed by atoms with Gasteiger partial charge in [0.2, 0.25) is 0 Å². The molecule has 0 radical (unpaired) electrons. The Kier molecular flexibility index (Phi) is 2.17. The third-order valence-corrected chi connectivity index (χ3v) is 2.75. The van der Waals surface area contributed by atoms with Gasteiger partial charge in [0.1, 0.15) is 5.69 Å². The second-order valence-corrected chi connectivity index (χ2v) is 3.86. The predicted octanol–water partition coefficient (Wildman–Crippen LogP) is 1.33. The molecule has 0 bridgehead atoms. The molecule has 13 heavy (non-hydrogen) atoms. The van der Waals surface area contributed by atoms with Gasteiger partial charge in [0.25, 0.3) is 0 Å². The van der Waals surface area contributed by atoms with Crippen molar-refractivity contribution in [1.82, 2.24) is 10.1 Å². The number of anilines is 1. The number of likely N-dealkylation sites (N-methyl/N-ethyl adjacent to an activating group) is 1. The summed E-state index contributed by atoms with van der Waals surface area (Å²) in [5.41, 5.74) is 6.22. The average Bonchev–Trinajstić information content (AvgIpc) is 2.62. The lowest BCUT2D eigenvalue weighted by atomic mass is 10.1. The van der Waals surface area contributed by atoms with E-state index in [4.69, 9.17) is 21.9 Å². The van der Waals surface area contributed by atoms with Gasteiger partial charge in [0, 0.05) is 12.5 Å². The molecule has 0 amide bonds. The quantitative estimate of drug-likeness (QED) is 0.745. The highest BCUT2D eigenvalue weighted by Gasteiger charge is 2.27. The van der Waals surface area contributed by atoms with E-state index in [1.807, 2.05) is 0 Å². The summed E-state index contributed by atoms with van der Waals surface area (Å²) in [6.07, 6.45) is 1.06. The molecule has 1 aromatic heterocycles. The maximum atomic E-state index is 5.72. The van der Waals surface area contributed by atoms with E-state index in [-0.39, 0.29) is 5.15 Å². The Morgan fingerprint density at radius 1 is 1.69 bits per heavy atom. The van der Waals surface area contributed by atoms with Crippen LogP contribution in [-0.4, -0.2) is 30.2 Å². The van der Waals surface area contributed by atoms with Crippen LogP contribution in [0.15, 0.2) is 4.52 Å². The van der Waals surface area contributed by atoms with E-state index < -0.39 is 0 Å². The van der Waals surface area contributed by atoms with Gasteiger partial charge in [-0.2, -0.15) is 0 Å². The highest BCUT2D eigenvalue weighted by Crippen LogP contribution is 2.33. The summed E-state index contributed by atoms with van der Waals surface area (Å²) in [6, 6.07) is 0. The molecule has 1 saturated heterocycles. The molecule has 2 heterocycles. The minimum Gasteiger partial charge on any atom is -0.393 e. The van der Waals surface area contributed by atoms with Crippen LogP contribution >= 0.6 is 11.6 Å². The smallest absolute Gasteiger partial charge is 0.195 e. The topological polar surface area (TPSA) is 55.3 Å². The Hall–Kier alpha value is -0.740. The fourth-order valence-corrected chi connectivity index (χ4v) is 1.86. The fourth-order valence-electron chi connectivity index (χ4n) is 1.73. The molecule has 1 fully saturated rings. The number of halogens is 1. The Labute approximate surface area is 81.6 Å². The van der Waals surface area contributed by atoms with Crippen LogP contribution < -0.4 is 5.73 Å². The van der Waals surface area contributed by atoms with Crippen molar-refractivity contribution in [2.24, 2.45) is 0 Å². The first kappa shape index (κ1) is 8.84. The number of aromatic nitrogens is 1. The number of hydrogen-bond donors (Lipinski definition) is 1. The maximum absolute atomic E-state index is 5.72. The number of nitrogens with two attached hydrogens (primary N) is 1. The molecule has 4 nitrogen and oxygen atoms in total. The van der Waals surface area contributed by atoms with Gasteiger partial charge in [-0.25, -0.2) is 0 Å². The van der Waals surface area contributed by atoms with E-state index in [2.05, 4.69) is 17.1 Å². The van der Waals surface area contributed by atoms with Crippen LogP contribution in [0.2, 0.25) is 5.15 Å². The molecular formula is C8H12ClN3O. The Bertz CT molecular complexity index is 312. The highest BCUT2D eigenvalue weighted by molar-refractivity contribution is 6.31. The van der Waals surface area contributed by atoms with Gasteiger partial charge in [0.15, 0.2) is 10.9 Å². The van der Waals surface area contributed by atoms with Gasteiger partial charge in [-0.1, -0.05) is 16.8 Å². The Morgan fingerprint density at radius 2 is 2.46 bits per heavy atom. The molecule has 0 aromatic carbocycles. The van der Waals surface area contributed by atoms with Crippen molar-refractivity contribution in [3.63, 3.8) is 0 Å². The van der Waals surface area contributed by atoms with E-state index in [0.717, 1.165) is 25.3 Å². The molecule has 1 aliphatic rings. The Balaban J connectivity index is 2.21. The first-order valence-corrected chi connectivity index (χ1v) is 4.65. The molecule has 0 spiro atoms. The van der Waals surface area contributed by atoms with Crippen molar-refractivity contribution in [3.05, 3.63) is 10.9 Å². The first-order valence-electron chi connectivity index (χ1n) is 4.27. The van der Waals surface area contributed by atoms with Gasteiger partial charge in [-0.05, 0) is 20.0 Å². The van der Waals surface area contributed by atoms with Crippen molar-refractivity contribution in [2.75, 3.05) is 25.9 Å². The largest absolute Gasteiger partial charge is 0.393 e. The SMILES string of the molecule is CN1CCC(c2onc(Cl)c2N)C1. The lowest BCUT2D eigenvalue weighted by Crippen LogP contribution is -2.13. The molecule has 1 aliphatic heterocycles. The third-order valence-electron chi connectivity index (χ3n) is 2.47. The van der Waals surface area contributed by atoms with E-state index in [1.165, 1.54) is 0 Å². The summed E-state index contributed by atoms with van der Waals surface area (Å²) < 4.78 is 5.09. The molecular weight excluding hydrogens is 190 g/mol. The van der Waals surface area contributed by atoms with Crippen LogP contribution in [-0.2, 0) is 0 Å². The van der Waals surface area contributed by atoms with Gasteiger partial charge in [-0.15, -0.1) is 0 Å². The van der Waals surface area contributed by atoms with E-state index in [0.29, 0.717) is 11.6 Å². The molecule has 72 valence electrons. The normalized spacial score (nSPS) is 24.0. The summed E-state index contributed by atoms with van der Waals surface area (Å²) >= 11 is 5.70. The summed E-state index contributed by atoms with van der Waals surface area (Å²) in [5.74, 6) is 1.10. The van der Waals surface area contributed by atoms with E-state index in [9.17, 15) is 0 Å². The zero-order valence-corrected chi connectivity index (χ0v) is 8.21. The number of rotatable bonds is 1.